The summed E-state index contributed by atoms with van der Waals surface area (Å²) >= 11 is 0. The van der Waals surface area contributed by atoms with Gasteiger partial charge in [-0.15, -0.1) is 0 Å². The molecule has 0 saturated heterocycles. The van der Waals surface area contributed by atoms with Gasteiger partial charge in [0, 0.05) is 38.9 Å². The number of carbonyl (C=O) groups is 1. The van der Waals surface area contributed by atoms with Crippen LogP contribution in [0.1, 0.15) is 34.1 Å². The maximum Gasteiger partial charge on any atom is 0.253 e. The van der Waals surface area contributed by atoms with Crippen LogP contribution in [0.4, 0.5) is 0 Å². The molecule has 0 aliphatic carbocycles. The van der Waals surface area contributed by atoms with Crippen molar-refractivity contribution in [1.82, 2.24) is 20.5 Å². The van der Waals surface area contributed by atoms with E-state index >= 15 is 0 Å². The third kappa shape index (κ3) is 7.64. The predicted octanol–water partition coefficient (Wildman–Crippen LogP) is 3.62. The number of hydrogen-bond donors (Lipinski definition) is 2. The molecule has 0 spiro atoms. The highest BCUT2D eigenvalue weighted by Gasteiger charge is 2.07. The molecule has 7 heteroatoms. The van der Waals surface area contributed by atoms with Crippen molar-refractivity contribution in [2.45, 2.75) is 26.6 Å². The number of aliphatic imine (C=N–C) groups is 1. The van der Waals surface area contributed by atoms with E-state index in [0.29, 0.717) is 25.3 Å². The van der Waals surface area contributed by atoms with E-state index in [1.807, 2.05) is 73.7 Å². The number of amides is 1. The molecule has 0 aliphatic heterocycles. The molecule has 0 radical (unpaired) electrons. The number of carbonyl (C=O) groups excluding carboxylic acids is 1. The van der Waals surface area contributed by atoms with Crippen molar-refractivity contribution < 1.29 is 9.53 Å². The minimum atomic E-state index is -0.00226. The van der Waals surface area contributed by atoms with Crippen molar-refractivity contribution in [2.24, 2.45) is 4.99 Å². The SMILES string of the molecule is CCNC(=NCc1ccc(OCc2ccccn2)cc1)NCc1ccc(C(=O)N(C)C)cc1. The van der Waals surface area contributed by atoms with Gasteiger partial charge in [-0.25, -0.2) is 4.99 Å². The van der Waals surface area contributed by atoms with E-state index < -0.39 is 0 Å². The minimum absolute atomic E-state index is 0.00226. The number of ether oxygens (including phenoxy) is 1. The van der Waals surface area contributed by atoms with Crippen LogP contribution in [-0.2, 0) is 19.7 Å². The molecule has 2 aromatic carbocycles. The molecule has 0 atom stereocenters. The summed E-state index contributed by atoms with van der Waals surface area (Å²) in [6, 6.07) is 21.3. The molecule has 0 unspecified atom stereocenters. The molecule has 172 valence electrons. The lowest BCUT2D eigenvalue weighted by molar-refractivity contribution is 0.0827. The summed E-state index contributed by atoms with van der Waals surface area (Å²) in [5.41, 5.74) is 3.73. The van der Waals surface area contributed by atoms with Gasteiger partial charge in [0.1, 0.15) is 12.4 Å². The molecule has 0 saturated carbocycles. The van der Waals surface area contributed by atoms with Crippen LogP contribution in [-0.4, -0.2) is 42.4 Å². The summed E-state index contributed by atoms with van der Waals surface area (Å²) < 4.78 is 5.79. The number of rotatable bonds is 9. The van der Waals surface area contributed by atoms with Crippen molar-refractivity contribution in [2.75, 3.05) is 20.6 Å². The smallest absolute Gasteiger partial charge is 0.253 e. The molecule has 0 fully saturated rings. The molecular formula is C26H31N5O2. The number of guanidine groups is 1. The Kier molecular flexibility index (Phi) is 8.82. The topological polar surface area (TPSA) is 78.9 Å². The van der Waals surface area contributed by atoms with Crippen molar-refractivity contribution in [3.05, 3.63) is 95.3 Å². The third-order valence-electron chi connectivity index (χ3n) is 4.87. The highest BCUT2D eigenvalue weighted by atomic mass is 16.5. The maximum absolute atomic E-state index is 12.0. The summed E-state index contributed by atoms with van der Waals surface area (Å²) in [6.07, 6.45) is 1.76. The van der Waals surface area contributed by atoms with Gasteiger partial charge < -0.3 is 20.3 Å². The fourth-order valence-electron chi connectivity index (χ4n) is 3.05. The van der Waals surface area contributed by atoms with Crippen LogP contribution >= 0.6 is 0 Å². The number of aromatic nitrogens is 1. The first-order valence-corrected chi connectivity index (χ1v) is 11.0. The molecule has 33 heavy (non-hydrogen) atoms. The Morgan fingerprint density at radius 3 is 2.33 bits per heavy atom. The highest BCUT2D eigenvalue weighted by Crippen LogP contribution is 2.14. The van der Waals surface area contributed by atoms with Crippen LogP contribution in [0.15, 0.2) is 77.9 Å². The van der Waals surface area contributed by atoms with E-state index in [4.69, 9.17) is 4.74 Å². The van der Waals surface area contributed by atoms with Crippen molar-refractivity contribution >= 4 is 11.9 Å². The quantitative estimate of drug-likeness (QED) is 0.389. The lowest BCUT2D eigenvalue weighted by Crippen LogP contribution is -2.36. The monoisotopic (exact) mass is 445 g/mol. The zero-order valence-corrected chi connectivity index (χ0v) is 19.4. The van der Waals surface area contributed by atoms with Gasteiger partial charge in [-0.3, -0.25) is 9.78 Å². The molecule has 7 nitrogen and oxygen atoms in total. The Labute approximate surface area is 195 Å². The predicted molar refractivity (Wildman–Crippen MR) is 131 cm³/mol. The zero-order valence-electron chi connectivity index (χ0n) is 19.4. The zero-order chi connectivity index (χ0) is 23.5. The van der Waals surface area contributed by atoms with Crippen molar-refractivity contribution in [3.63, 3.8) is 0 Å². The second-order valence-corrected chi connectivity index (χ2v) is 7.70. The largest absolute Gasteiger partial charge is 0.487 e. The molecule has 0 aliphatic rings. The Balaban J connectivity index is 1.52. The van der Waals surface area contributed by atoms with Gasteiger partial charge in [0.25, 0.3) is 5.91 Å². The maximum atomic E-state index is 12.0. The van der Waals surface area contributed by atoms with E-state index in [9.17, 15) is 4.79 Å². The van der Waals surface area contributed by atoms with Crippen LogP contribution in [0.25, 0.3) is 0 Å². The summed E-state index contributed by atoms with van der Waals surface area (Å²) in [5, 5.41) is 6.60. The van der Waals surface area contributed by atoms with Crippen molar-refractivity contribution in [1.29, 1.82) is 0 Å². The molecule has 3 rings (SSSR count). The van der Waals surface area contributed by atoms with Crippen LogP contribution in [0.5, 0.6) is 5.75 Å². The third-order valence-corrected chi connectivity index (χ3v) is 4.87. The number of pyridine rings is 1. The van der Waals surface area contributed by atoms with Crippen LogP contribution < -0.4 is 15.4 Å². The van der Waals surface area contributed by atoms with E-state index in [1.54, 1.807) is 25.2 Å². The van der Waals surface area contributed by atoms with Crippen LogP contribution in [0.2, 0.25) is 0 Å². The fraction of sp³-hybridized carbons (Fsp3) is 0.269. The van der Waals surface area contributed by atoms with E-state index in [-0.39, 0.29) is 5.91 Å². The van der Waals surface area contributed by atoms with Gasteiger partial charge >= 0.3 is 0 Å². The first-order chi connectivity index (χ1) is 16.0. The van der Waals surface area contributed by atoms with Gasteiger partial charge in [0.2, 0.25) is 0 Å². The molecule has 1 aromatic heterocycles. The number of nitrogens with one attached hydrogen (secondary N) is 2. The highest BCUT2D eigenvalue weighted by molar-refractivity contribution is 5.93. The number of benzene rings is 2. The van der Waals surface area contributed by atoms with E-state index in [2.05, 4.69) is 20.6 Å². The van der Waals surface area contributed by atoms with Gasteiger partial charge in [0.15, 0.2) is 5.96 Å². The van der Waals surface area contributed by atoms with Gasteiger partial charge in [0.05, 0.1) is 12.2 Å². The normalized spacial score (nSPS) is 11.1. The van der Waals surface area contributed by atoms with E-state index in [0.717, 1.165) is 35.1 Å². The molecule has 1 amide bonds. The minimum Gasteiger partial charge on any atom is -0.487 e. The molecule has 3 aromatic rings. The number of hydrogen-bond acceptors (Lipinski definition) is 4. The summed E-state index contributed by atoms with van der Waals surface area (Å²) in [5.74, 6) is 1.54. The van der Waals surface area contributed by atoms with Gasteiger partial charge in [-0.1, -0.05) is 30.3 Å². The summed E-state index contributed by atoms with van der Waals surface area (Å²) in [6.45, 7) is 4.40. The van der Waals surface area contributed by atoms with Crippen molar-refractivity contribution in [3.8, 4) is 5.75 Å². The average molecular weight is 446 g/mol. The second kappa shape index (κ2) is 12.2. The Bertz CT molecular complexity index is 1030. The lowest BCUT2D eigenvalue weighted by Gasteiger charge is -2.13. The van der Waals surface area contributed by atoms with Crippen LogP contribution in [0.3, 0.4) is 0 Å². The molecular weight excluding hydrogens is 414 g/mol. The summed E-state index contributed by atoms with van der Waals surface area (Å²) in [4.78, 5) is 22.5. The van der Waals surface area contributed by atoms with Gasteiger partial charge in [-0.2, -0.15) is 0 Å². The molecule has 2 N–H and O–H groups in total. The van der Waals surface area contributed by atoms with E-state index in [1.165, 1.54) is 0 Å². The average Bonchev–Trinajstić information content (AvgIpc) is 2.85. The molecule has 1 heterocycles. The van der Waals surface area contributed by atoms with Gasteiger partial charge in [-0.05, 0) is 54.4 Å². The first kappa shape index (κ1) is 23.8. The fourth-order valence-corrected chi connectivity index (χ4v) is 3.05. The van der Waals surface area contributed by atoms with Crippen LogP contribution in [0, 0.1) is 0 Å². The lowest BCUT2D eigenvalue weighted by atomic mass is 10.1. The Morgan fingerprint density at radius 2 is 1.70 bits per heavy atom. The first-order valence-electron chi connectivity index (χ1n) is 11.0. The standard InChI is InChI=1S/C26H31N5O2/c1-4-27-26(29-17-20-8-12-22(13-9-20)25(32)31(2)3)30-18-21-10-14-24(15-11-21)33-19-23-7-5-6-16-28-23/h5-16H,4,17-19H2,1-3H3,(H2,27,29,30). The summed E-state index contributed by atoms with van der Waals surface area (Å²) in [7, 11) is 3.50. The Morgan fingerprint density at radius 1 is 0.970 bits per heavy atom. The Hall–Kier alpha value is -3.87. The number of nitrogens with zero attached hydrogens (tertiary/aromatic N) is 3. The second-order valence-electron chi connectivity index (χ2n) is 7.70. The molecule has 0 bridgehead atoms.